The number of ether oxygens (including phenoxy) is 1. The van der Waals surface area contributed by atoms with E-state index in [1.807, 2.05) is 6.07 Å². The fourth-order valence-corrected chi connectivity index (χ4v) is 3.59. The molecule has 20 heavy (non-hydrogen) atoms. The van der Waals surface area contributed by atoms with Crippen LogP contribution in [0.3, 0.4) is 0 Å². The summed E-state index contributed by atoms with van der Waals surface area (Å²) in [5.41, 5.74) is 8.37. The van der Waals surface area contributed by atoms with E-state index in [1.165, 1.54) is 11.1 Å². The molecule has 1 aliphatic carbocycles. The number of aromatic nitrogens is 2. The molecule has 0 bridgehead atoms. The van der Waals surface area contributed by atoms with E-state index < -0.39 is 0 Å². The maximum atomic E-state index is 5.66. The maximum absolute atomic E-state index is 5.66. The third-order valence-corrected chi connectivity index (χ3v) is 4.66. The average molecular weight is 271 g/mol. The second-order valence-corrected chi connectivity index (χ2v) is 6.19. The van der Waals surface area contributed by atoms with Crippen LogP contribution >= 0.6 is 0 Å². The molecule has 1 saturated carbocycles. The monoisotopic (exact) mass is 271 g/mol. The molecule has 1 aromatic carbocycles. The summed E-state index contributed by atoms with van der Waals surface area (Å²) in [6.45, 7) is 5.24. The van der Waals surface area contributed by atoms with E-state index in [4.69, 9.17) is 15.0 Å². The van der Waals surface area contributed by atoms with Gasteiger partial charge in [0.2, 0.25) is 5.89 Å². The van der Waals surface area contributed by atoms with E-state index in [-0.39, 0.29) is 17.3 Å². The first-order valence-electron chi connectivity index (χ1n) is 6.92. The summed E-state index contributed by atoms with van der Waals surface area (Å²) in [6, 6.07) is 6.30. The highest BCUT2D eigenvalue weighted by Crippen LogP contribution is 2.70. The largest absolute Gasteiger partial charge is 0.493 e. The second-order valence-electron chi connectivity index (χ2n) is 6.19. The van der Waals surface area contributed by atoms with Gasteiger partial charge in [0.05, 0.1) is 12.5 Å². The van der Waals surface area contributed by atoms with Crippen LogP contribution in [-0.4, -0.2) is 16.7 Å². The fraction of sp³-hybridized carbons (Fsp3) is 0.467. The van der Waals surface area contributed by atoms with Crippen LogP contribution in [0.5, 0.6) is 5.75 Å². The molecule has 1 aliphatic heterocycles. The van der Waals surface area contributed by atoms with E-state index in [2.05, 4.69) is 36.1 Å². The molecule has 104 valence electrons. The Morgan fingerprint density at radius 2 is 2.15 bits per heavy atom. The van der Waals surface area contributed by atoms with Gasteiger partial charge in [0, 0.05) is 17.9 Å². The van der Waals surface area contributed by atoms with Gasteiger partial charge in [0.25, 0.3) is 5.95 Å². The molecule has 5 heteroatoms. The highest BCUT2D eigenvalue weighted by Gasteiger charge is 2.62. The van der Waals surface area contributed by atoms with Crippen LogP contribution in [0.25, 0.3) is 0 Å². The first kappa shape index (κ1) is 11.8. The Morgan fingerprint density at radius 3 is 2.90 bits per heavy atom. The number of nitrogens with two attached hydrogens (primary N) is 1. The van der Waals surface area contributed by atoms with Gasteiger partial charge in [-0.15, -0.1) is 0 Å². The lowest BCUT2D eigenvalue weighted by atomic mass is 9.96. The van der Waals surface area contributed by atoms with Crippen molar-refractivity contribution in [1.82, 2.24) is 10.1 Å². The zero-order valence-electron chi connectivity index (χ0n) is 11.6. The van der Waals surface area contributed by atoms with Crippen LogP contribution in [0.1, 0.15) is 42.7 Å². The molecule has 0 saturated heterocycles. The highest BCUT2D eigenvalue weighted by molar-refractivity contribution is 5.50. The highest BCUT2D eigenvalue weighted by atomic mass is 16.5. The zero-order valence-corrected chi connectivity index (χ0v) is 11.6. The smallest absolute Gasteiger partial charge is 0.260 e. The van der Waals surface area contributed by atoms with Crippen molar-refractivity contribution in [3.05, 3.63) is 35.2 Å². The first-order valence-corrected chi connectivity index (χ1v) is 6.92. The van der Waals surface area contributed by atoms with Crippen LogP contribution in [0.15, 0.2) is 22.7 Å². The summed E-state index contributed by atoms with van der Waals surface area (Å²) in [4.78, 5) is 4.21. The van der Waals surface area contributed by atoms with Gasteiger partial charge in [-0.25, -0.2) is 0 Å². The van der Waals surface area contributed by atoms with Crippen LogP contribution in [0.4, 0.5) is 5.95 Å². The number of fused-ring (bicyclic) bond motifs is 1. The molecule has 2 aliphatic rings. The molecule has 2 heterocycles. The number of benzene rings is 1. The molecule has 4 rings (SSSR count). The van der Waals surface area contributed by atoms with Gasteiger partial charge in [-0.1, -0.05) is 26.0 Å². The zero-order chi connectivity index (χ0) is 13.9. The van der Waals surface area contributed by atoms with Gasteiger partial charge in [-0.05, 0) is 22.2 Å². The van der Waals surface area contributed by atoms with Crippen LogP contribution in [0.2, 0.25) is 0 Å². The number of hydrogen-bond acceptors (Lipinski definition) is 5. The standard InChI is InChI=1S/C15H17N3O2/c1-15(2)11(12(15)13-17-14(16)18-20-13)9-4-3-5-10-8(9)6-7-19-10/h3-5,11-12H,6-7H2,1-2H3,(H2,16,18). The van der Waals surface area contributed by atoms with Gasteiger partial charge in [-0.2, -0.15) is 4.98 Å². The summed E-state index contributed by atoms with van der Waals surface area (Å²) in [6.07, 6.45) is 0.983. The van der Waals surface area contributed by atoms with Crippen LogP contribution in [0, 0.1) is 5.41 Å². The van der Waals surface area contributed by atoms with Crippen LogP contribution < -0.4 is 10.5 Å². The Hall–Kier alpha value is -2.04. The molecule has 2 aromatic rings. The molecular weight excluding hydrogens is 254 g/mol. The number of hydrogen-bond donors (Lipinski definition) is 1. The minimum Gasteiger partial charge on any atom is -0.493 e. The molecule has 2 unspecified atom stereocenters. The van der Waals surface area contributed by atoms with Gasteiger partial charge >= 0.3 is 0 Å². The molecule has 0 spiro atoms. The van der Waals surface area contributed by atoms with Gasteiger partial charge < -0.3 is 15.0 Å². The van der Waals surface area contributed by atoms with Crippen molar-refractivity contribution in [2.24, 2.45) is 5.41 Å². The van der Waals surface area contributed by atoms with Gasteiger partial charge in [-0.3, -0.25) is 0 Å². The predicted molar refractivity (Wildman–Crippen MR) is 73.6 cm³/mol. The van der Waals surface area contributed by atoms with E-state index >= 15 is 0 Å². The average Bonchev–Trinajstić information content (AvgIpc) is 2.83. The van der Waals surface area contributed by atoms with Gasteiger partial charge in [0.1, 0.15) is 5.75 Å². The maximum Gasteiger partial charge on any atom is 0.260 e. The molecule has 1 fully saturated rings. The third kappa shape index (κ3) is 1.49. The summed E-state index contributed by atoms with van der Waals surface area (Å²) in [5, 5.41) is 3.71. The Labute approximate surface area is 117 Å². The number of rotatable bonds is 2. The Bertz CT molecular complexity index is 678. The van der Waals surface area contributed by atoms with Crippen molar-refractivity contribution in [2.45, 2.75) is 32.1 Å². The quantitative estimate of drug-likeness (QED) is 0.908. The Balaban J connectivity index is 1.75. The molecule has 2 N–H and O–H groups in total. The Kier molecular flexibility index (Phi) is 2.20. The minimum absolute atomic E-state index is 0.108. The van der Waals surface area contributed by atoms with E-state index in [1.54, 1.807) is 0 Å². The number of anilines is 1. The van der Waals surface area contributed by atoms with E-state index in [9.17, 15) is 0 Å². The summed E-state index contributed by atoms with van der Waals surface area (Å²) >= 11 is 0. The van der Waals surface area contributed by atoms with Crippen molar-refractivity contribution in [1.29, 1.82) is 0 Å². The van der Waals surface area contributed by atoms with E-state index in [0.29, 0.717) is 11.8 Å². The molecule has 1 aromatic heterocycles. The SMILES string of the molecule is CC1(C)C(c2nc(N)no2)C1c1cccc2c1CCO2. The van der Waals surface area contributed by atoms with E-state index in [0.717, 1.165) is 18.8 Å². The van der Waals surface area contributed by atoms with Crippen molar-refractivity contribution in [3.63, 3.8) is 0 Å². The fourth-order valence-electron chi connectivity index (χ4n) is 3.59. The molecule has 0 amide bonds. The first-order chi connectivity index (χ1) is 9.59. The van der Waals surface area contributed by atoms with Crippen molar-refractivity contribution in [3.8, 4) is 5.75 Å². The number of nitrogens with zero attached hydrogens (tertiary/aromatic N) is 2. The lowest BCUT2D eigenvalue weighted by Gasteiger charge is -2.07. The number of nitrogen functional groups attached to an aromatic ring is 1. The minimum atomic E-state index is 0.108. The lowest BCUT2D eigenvalue weighted by molar-refractivity contribution is 0.357. The third-order valence-electron chi connectivity index (χ3n) is 4.66. The summed E-state index contributed by atoms with van der Waals surface area (Å²) in [7, 11) is 0. The van der Waals surface area contributed by atoms with Gasteiger partial charge in [0.15, 0.2) is 0 Å². The molecule has 5 nitrogen and oxygen atoms in total. The summed E-state index contributed by atoms with van der Waals surface area (Å²) < 4.78 is 10.9. The molecule has 2 atom stereocenters. The molecule has 0 radical (unpaired) electrons. The second kappa shape index (κ2) is 3.75. The lowest BCUT2D eigenvalue weighted by Crippen LogP contribution is -1.94. The van der Waals surface area contributed by atoms with Crippen molar-refractivity contribution in [2.75, 3.05) is 12.3 Å². The molecular formula is C15H17N3O2. The Morgan fingerprint density at radius 1 is 1.30 bits per heavy atom. The predicted octanol–water partition coefficient (Wildman–Crippen LogP) is 2.49. The van der Waals surface area contributed by atoms with Crippen molar-refractivity contribution < 1.29 is 9.26 Å². The topological polar surface area (TPSA) is 74.2 Å². The van der Waals surface area contributed by atoms with Crippen molar-refractivity contribution >= 4 is 5.95 Å². The summed E-state index contributed by atoms with van der Waals surface area (Å²) in [5.74, 6) is 2.50. The normalized spacial score (nSPS) is 26.1. The van der Waals surface area contributed by atoms with Crippen LogP contribution in [-0.2, 0) is 6.42 Å².